The predicted octanol–water partition coefficient (Wildman–Crippen LogP) is 2.49. The van der Waals surface area contributed by atoms with Crippen LogP contribution < -0.4 is 10.2 Å². The molecule has 7 nitrogen and oxygen atoms in total. The van der Waals surface area contributed by atoms with E-state index >= 15 is 0 Å². The van der Waals surface area contributed by atoms with Crippen molar-refractivity contribution in [1.29, 1.82) is 5.26 Å². The molecule has 0 atom stereocenters. The maximum absolute atomic E-state index is 12.3. The van der Waals surface area contributed by atoms with Gasteiger partial charge in [-0.15, -0.1) is 0 Å². The molecule has 1 heterocycles. The van der Waals surface area contributed by atoms with Crippen molar-refractivity contribution in [3.8, 4) is 6.07 Å². The number of hydrogen-bond acceptors (Lipinski definition) is 6. The van der Waals surface area contributed by atoms with E-state index in [-0.39, 0.29) is 18.8 Å². The average molecular weight is 424 g/mol. The Morgan fingerprint density at radius 1 is 1.06 bits per heavy atom. The van der Waals surface area contributed by atoms with Gasteiger partial charge in [-0.25, -0.2) is 0 Å². The molecule has 2 aromatic carbocycles. The summed E-state index contributed by atoms with van der Waals surface area (Å²) in [6.07, 6.45) is 4.09. The molecule has 0 aliphatic carbocycles. The first-order valence-corrected chi connectivity index (χ1v) is 10.7. The molecule has 164 valence electrons. The number of fused-ring (bicyclic) bond motifs is 1. The van der Waals surface area contributed by atoms with Crippen molar-refractivity contribution in [2.45, 2.75) is 12.8 Å². The Morgan fingerprint density at radius 3 is 2.52 bits per heavy atom. The molecular formula is C24H29N3O4. The summed E-state index contributed by atoms with van der Waals surface area (Å²) < 4.78 is 10.4. The van der Waals surface area contributed by atoms with Gasteiger partial charge < -0.3 is 24.8 Å². The van der Waals surface area contributed by atoms with Crippen LogP contribution in [0.15, 0.2) is 42.0 Å². The molecule has 2 N–H and O–H groups in total. The van der Waals surface area contributed by atoms with Crippen LogP contribution in [0.3, 0.4) is 0 Å². The van der Waals surface area contributed by atoms with Gasteiger partial charge >= 0.3 is 0 Å². The third-order valence-electron chi connectivity index (χ3n) is 5.13. The lowest BCUT2D eigenvalue weighted by Gasteiger charge is -2.18. The van der Waals surface area contributed by atoms with Gasteiger partial charge in [-0.3, -0.25) is 4.79 Å². The van der Waals surface area contributed by atoms with Crippen LogP contribution in [-0.4, -0.2) is 63.7 Å². The number of anilines is 1. The first-order valence-electron chi connectivity index (χ1n) is 10.7. The van der Waals surface area contributed by atoms with Crippen LogP contribution in [-0.2, 0) is 14.3 Å². The summed E-state index contributed by atoms with van der Waals surface area (Å²) in [7, 11) is 0. The lowest BCUT2D eigenvalue weighted by Crippen LogP contribution is -2.28. The second-order valence-electron chi connectivity index (χ2n) is 7.36. The van der Waals surface area contributed by atoms with Gasteiger partial charge in [-0.05, 0) is 53.5 Å². The number of nitriles is 1. The van der Waals surface area contributed by atoms with Crippen molar-refractivity contribution in [3.05, 3.63) is 47.5 Å². The van der Waals surface area contributed by atoms with Gasteiger partial charge in [-0.1, -0.05) is 18.2 Å². The monoisotopic (exact) mass is 423 g/mol. The van der Waals surface area contributed by atoms with Gasteiger partial charge in [0.05, 0.1) is 33.0 Å². The smallest absolute Gasteiger partial charge is 0.262 e. The van der Waals surface area contributed by atoms with E-state index in [1.165, 1.54) is 18.5 Å². The molecule has 1 amide bonds. The van der Waals surface area contributed by atoms with Gasteiger partial charge in [0.1, 0.15) is 11.6 Å². The zero-order valence-electron chi connectivity index (χ0n) is 17.7. The van der Waals surface area contributed by atoms with E-state index in [0.717, 1.165) is 29.4 Å². The Kier molecular flexibility index (Phi) is 8.85. The number of carbonyl (C=O) groups excluding carboxylic acids is 1. The maximum atomic E-state index is 12.3. The largest absolute Gasteiger partial charge is 0.394 e. The Hall–Kier alpha value is -2.92. The van der Waals surface area contributed by atoms with Crippen molar-refractivity contribution >= 4 is 28.4 Å². The predicted molar refractivity (Wildman–Crippen MR) is 121 cm³/mol. The number of aliphatic hydroxyl groups is 1. The minimum atomic E-state index is -0.424. The number of aliphatic hydroxyl groups excluding tert-OH is 1. The second kappa shape index (κ2) is 12.1. The van der Waals surface area contributed by atoms with E-state index in [9.17, 15) is 10.1 Å². The average Bonchev–Trinajstić information content (AvgIpc) is 3.33. The van der Waals surface area contributed by atoms with Crippen LogP contribution in [0.2, 0.25) is 0 Å². The SMILES string of the molecule is N#C/C(=C\c1ccc2cc(N3CCCC3)ccc2c1)C(=O)NCCOCCOCCO. The van der Waals surface area contributed by atoms with Crippen molar-refractivity contribution < 1.29 is 19.4 Å². The minimum absolute atomic E-state index is 0.0177. The fourth-order valence-corrected chi connectivity index (χ4v) is 3.55. The van der Waals surface area contributed by atoms with Gasteiger partial charge in [0.15, 0.2) is 0 Å². The van der Waals surface area contributed by atoms with Gasteiger partial charge in [-0.2, -0.15) is 5.26 Å². The first-order chi connectivity index (χ1) is 15.2. The Balaban J connectivity index is 1.55. The lowest BCUT2D eigenvalue weighted by atomic mass is 10.0. The van der Waals surface area contributed by atoms with Gasteiger partial charge in [0.25, 0.3) is 5.91 Å². The third-order valence-corrected chi connectivity index (χ3v) is 5.13. The Morgan fingerprint density at radius 2 is 1.77 bits per heavy atom. The van der Waals surface area contributed by atoms with Crippen LogP contribution in [0.25, 0.3) is 16.8 Å². The van der Waals surface area contributed by atoms with Crippen LogP contribution in [0.5, 0.6) is 0 Å². The van der Waals surface area contributed by atoms with E-state index < -0.39 is 5.91 Å². The molecule has 1 fully saturated rings. The minimum Gasteiger partial charge on any atom is -0.394 e. The van der Waals surface area contributed by atoms with E-state index in [0.29, 0.717) is 26.4 Å². The molecule has 0 aromatic heterocycles. The first kappa shape index (κ1) is 22.8. The molecule has 1 aliphatic heterocycles. The molecule has 2 aromatic rings. The quantitative estimate of drug-likeness (QED) is 0.328. The molecule has 0 bridgehead atoms. The number of hydrogen-bond donors (Lipinski definition) is 2. The molecular weight excluding hydrogens is 394 g/mol. The third kappa shape index (κ3) is 6.79. The highest BCUT2D eigenvalue weighted by atomic mass is 16.5. The molecule has 0 saturated carbocycles. The molecule has 7 heteroatoms. The molecule has 0 unspecified atom stereocenters. The van der Waals surface area contributed by atoms with E-state index in [4.69, 9.17) is 14.6 Å². The summed E-state index contributed by atoms with van der Waals surface area (Å²) in [5.74, 6) is -0.424. The summed E-state index contributed by atoms with van der Waals surface area (Å²) in [4.78, 5) is 14.7. The number of carbonyl (C=O) groups is 1. The molecule has 0 radical (unpaired) electrons. The molecule has 1 aliphatic rings. The molecule has 3 rings (SSSR count). The van der Waals surface area contributed by atoms with E-state index in [1.54, 1.807) is 6.08 Å². The lowest BCUT2D eigenvalue weighted by molar-refractivity contribution is -0.117. The number of benzene rings is 2. The van der Waals surface area contributed by atoms with Gasteiger partial charge in [0.2, 0.25) is 0 Å². The summed E-state index contributed by atoms with van der Waals surface area (Å²) in [5, 5.41) is 22.9. The molecule has 0 spiro atoms. The number of rotatable bonds is 11. The zero-order chi connectivity index (χ0) is 21.9. The van der Waals surface area contributed by atoms with Crippen molar-refractivity contribution in [1.82, 2.24) is 5.32 Å². The Labute approximate surface area is 182 Å². The maximum Gasteiger partial charge on any atom is 0.262 e. The fraction of sp³-hybridized carbons (Fsp3) is 0.417. The topological polar surface area (TPSA) is 94.8 Å². The Bertz CT molecular complexity index is 945. The summed E-state index contributed by atoms with van der Waals surface area (Å²) in [6.45, 7) is 3.87. The molecule has 1 saturated heterocycles. The molecule has 31 heavy (non-hydrogen) atoms. The normalized spacial score (nSPS) is 14.1. The number of nitrogens with one attached hydrogen (secondary N) is 1. The highest BCUT2D eigenvalue weighted by molar-refractivity contribution is 6.02. The van der Waals surface area contributed by atoms with Crippen molar-refractivity contribution in [3.63, 3.8) is 0 Å². The number of amides is 1. The highest BCUT2D eigenvalue weighted by Gasteiger charge is 2.13. The summed E-state index contributed by atoms with van der Waals surface area (Å²) in [5.41, 5.74) is 2.11. The van der Waals surface area contributed by atoms with Gasteiger partial charge in [0, 0.05) is 25.3 Å². The van der Waals surface area contributed by atoms with Crippen LogP contribution in [0.1, 0.15) is 18.4 Å². The summed E-state index contributed by atoms with van der Waals surface area (Å²) >= 11 is 0. The van der Waals surface area contributed by atoms with E-state index in [2.05, 4.69) is 28.4 Å². The fourth-order valence-electron chi connectivity index (χ4n) is 3.55. The van der Waals surface area contributed by atoms with Crippen molar-refractivity contribution in [2.24, 2.45) is 0 Å². The summed E-state index contributed by atoms with van der Waals surface area (Å²) in [6, 6.07) is 14.3. The number of ether oxygens (including phenoxy) is 2. The van der Waals surface area contributed by atoms with Crippen LogP contribution in [0.4, 0.5) is 5.69 Å². The standard InChI is InChI=1S/C24H29N3O4/c25-18-22(24(29)26-7-11-30-13-14-31-12-10-28)16-19-3-4-21-17-23(6-5-20(21)15-19)27-8-1-2-9-27/h3-6,15-17,28H,1-2,7-14H2,(H,26,29)/b22-16+. The zero-order valence-corrected chi connectivity index (χ0v) is 17.7. The highest BCUT2D eigenvalue weighted by Crippen LogP contribution is 2.26. The van der Waals surface area contributed by atoms with Crippen LogP contribution in [0, 0.1) is 11.3 Å². The number of nitrogens with zero attached hydrogens (tertiary/aromatic N) is 2. The van der Waals surface area contributed by atoms with Crippen LogP contribution >= 0.6 is 0 Å². The van der Waals surface area contributed by atoms with E-state index in [1.807, 2.05) is 24.3 Å². The second-order valence-corrected chi connectivity index (χ2v) is 7.36. The van der Waals surface area contributed by atoms with Crippen molar-refractivity contribution in [2.75, 3.05) is 57.6 Å².